The third kappa shape index (κ3) is 3.10. The molecule has 5 nitrogen and oxygen atoms in total. The van der Waals surface area contributed by atoms with Gasteiger partial charge in [0.05, 0.1) is 0 Å². The van der Waals surface area contributed by atoms with Crippen LogP contribution < -0.4 is 5.32 Å². The maximum absolute atomic E-state index is 12.3. The molecule has 24 heavy (non-hydrogen) atoms. The summed E-state index contributed by atoms with van der Waals surface area (Å²) in [7, 11) is 0. The van der Waals surface area contributed by atoms with Gasteiger partial charge in [0.1, 0.15) is 6.54 Å². The number of ketones is 1. The number of hydrogen-bond acceptors (Lipinski definition) is 3. The molecule has 0 fully saturated rings. The summed E-state index contributed by atoms with van der Waals surface area (Å²) in [6.45, 7) is 1.56. The molecule has 120 valence electrons. The molecule has 1 heterocycles. The number of fused-ring (bicyclic) bond motifs is 1. The van der Waals surface area contributed by atoms with Crippen LogP contribution in [-0.4, -0.2) is 22.5 Å². The SMILES string of the molecule is CC(=O)c1cccc(NC(=O)Cn2cc(C=O)c3ccccc32)c1. The van der Waals surface area contributed by atoms with Gasteiger partial charge in [0.15, 0.2) is 12.1 Å². The van der Waals surface area contributed by atoms with E-state index in [1.807, 2.05) is 24.3 Å². The Hall–Kier alpha value is -3.21. The Labute approximate surface area is 138 Å². The number of para-hydroxylation sites is 1. The van der Waals surface area contributed by atoms with Gasteiger partial charge in [-0.3, -0.25) is 14.4 Å². The van der Waals surface area contributed by atoms with Crippen LogP contribution in [0.2, 0.25) is 0 Å². The molecule has 1 aromatic heterocycles. The summed E-state index contributed by atoms with van der Waals surface area (Å²) >= 11 is 0. The van der Waals surface area contributed by atoms with E-state index in [4.69, 9.17) is 0 Å². The van der Waals surface area contributed by atoms with Crippen molar-refractivity contribution in [1.82, 2.24) is 4.57 Å². The van der Waals surface area contributed by atoms with E-state index in [9.17, 15) is 14.4 Å². The van der Waals surface area contributed by atoms with Crippen molar-refractivity contribution in [2.45, 2.75) is 13.5 Å². The fourth-order valence-corrected chi connectivity index (χ4v) is 2.67. The minimum atomic E-state index is -0.228. The van der Waals surface area contributed by atoms with E-state index < -0.39 is 0 Å². The predicted molar refractivity (Wildman–Crippen MR) is 92.4 cm³/mol. The van der Waals surface area contributed by atoms with Crippen LogP contribution in [0.3, 0.4) is 0 Å². The zero-order chi connectivity index (χ0) is 17.1. The third-order valence-electron chi connectivity index (χ3n) is 3.81. The second kappa shape index (κ2) is 6.50. The predicted octanol–water partition coefficient (Wildman–Crippen LogP) is 3.30. The first-order valence-corrected chi connectivity index (χ1v) is 7.52. The van der Waals surface area contributed by atoms with Gasteiger partial charge in [-0.2, -0.15) is 0 Å². The number of aromatic nitrogens is 1. The Kier molecular flexibility index (Phi) is 4.24. The van der Waals surface area contributed by atoms with Gasteiger partial charge in [0.25, 0.3) is 0 Å². The van der Waals surface area contributed by atoms with Gasteiger partial charge in [0, 0.05) is 33.9 Å². The molecule has 3 aromatic rings. The smallest absolute Gasteiger partial charge is 0.244 e. The molecule has 0 aliphatic carbocycles. The lowest BCUT2D eigenvalue weighted by Gasteiger charge is -2.08. The number of amides is 1. The van der Waals surface area contributed by atoms with Crippen LogP contribution >= 0.6 is 0 Å². The minimum Gasteiger partial charge on any atom is -0.337 e. The summed E-state index contributed by atoms with van der Waals surface area (Å²) in [5.41, 5.74) is 2.49. The van der Waals surface area contributed by atoms with Gasteiger partial charge in [-0.1, -0.05) is 30.3 Å². The molecule has 0 saturated carbocycles. The lowest BCUT2D eigenvalue weighted by atomic mass is 10.1. The normalized spacial score (nSPS) is 10.5. The average molecular weight is 320 g/mol. The molecule has 0 aliphatic heterocycles. The fourth-order valence-electron chi connectivity index (χ4n) is 2.67. The highest BCUT2D eigenvalue weighted by atomic mass is 16.2. The van der Waals surface area contributed by atoms with Crippen molar-refractivity contribution in [3.8, 4) is 0 Å². The molecule has 0 saturated heterocycles. The highest BCUT2D eigenvalue weighted by Crippen LogP contribution is 2.20. The molecule has 1 N–H and O–H groups in total. The van der Waals surface area contributed by atoms with Gasteiger partial charge in [-0.05, 0) is 25.1 Å². The van der Waals surface area contributed by atoms with Crippen molar-refractivity contribution in [3.05, 3.63) is 65.9 Å². The highest BCUT2D eigenvalue weighted by Gasteiger charge is 2.11. The lowest BCUT2D eigenvalue weighted by Crippen LogP contribution is -2.18. The molecule has 0 radical (unpaired) electrons. The number of aldehydes is 1. The van der Waals surface area contributed by atoms with Crippen LogP contribution in [0.4, 0.5) is 5.69 Å². The van der Waals surface area contributed by atoms with Crippen molar-refractivity contribution in [1.29, 1.82) is 0 Å². The first-order valence-electron chi connectivity index (χ1n) is 7.52. The van der Waals surface area contributed by atoms with Crippen LogP contribution in [0, 0.1) is 0 Å². The van der Waals surface area contributed by atoms with Crippen LogP contribution in [0.1, 0.15) is 27.6 Å². The Balaban J connectivity index is 1.82. The van der Waals surface area contributed by atoms with Gasteiger partial charge in [-0.15, -0.1) is 0 Å². The number of carbonyl (C=O) groups is 3. The number of nitrogens with zero attached hydrogens (tertiary/aromatic N) is 1. The standard InChI is InChI=1S/C19H16N2O3/c1-13(23)14-5-4-6-16(9-14)20-19(24)11-21-10-15(12-22)17-7-2-3-8-18(17)21/h2-10,12H,11H2,1H3,(H,20,24). The minimum absolute atomic E-state index is 0.0573. The summed E-state index contributed by atoms with van der Waals surface area (Å²) in [5, 5.41) is 3.60. The number of rotatable bonds is 5. The third-order valence-corrected chi connectivity index (χ3v) is 3.81. The van der Waals surface area contributed by atoms with E-state index in [-0.39, 0.29) is 18.2 Å². The first kappa shape index (κ1) is 15.7. The van der Waals surface area contributed by atoms with E-state index in [1.165, 1.54) is 6.92 Å². The molecule has 3 rings (SSSR count). The number of carbonyl (C=O) groups excluding carboxylic acids is 3. The largest absolute Gasteiger partial charge is 0.337 e. The number of nitrogens with one attached hydrogen (secondary N) is 1. The Bertz CT molecular complexity index is 941. The molecule has 0 atom stereocenters. The molecular weight excluding hydrogens is 304 g/mol. The van der Waals surface area contributed by atoms with Crippen molar-refractivity contribution in [2.75, 3.05) is 5.32 Å². The molecule has 0 spiro atoms. The topological polar surface area (TPSA) is 68.2 Å². The van der Waals surface area contributed by atoms with Crippen LogP contribution in [0.25, 0.3) is 10.9 Å². The first-order chi connectivity index (χ1) is 11.6. The maximum atomic E-state index is 12.3. The zero-order valence-electron chi connectivity index (χ0n) is 13.2. The van der Waals surface area contributed by atoms with Gasteiger partial charge >= 0.3 is 0 Å². The van der Waals surface area contributed by atoms with Crippen molar-refractivity contribution < 1.29 is 14.4 Å². The summed E-state index contributed by atoms with van der Waals surface area (Å²) in [4.78, 5) is 34.9. The fraction of sp³-hybridized carbons (Fsp3) is 0.105. The maximum Gasteiger partial charge on any atom is 0.244 e. The van der Waals surface area contributed by atoms with Crippen molar-refractivity contribution in [3.63, 3.8) is 0 Å². The monoisotopic (exact) mass is 320 g/mol. The van der Waals surface area contributed by atoms with E-state index in [2.05, 4.69) is 5.32 Å². The van der Waals surface area contributed by atoms with E-state index in [0.717, 1.165) is 17.2 Å². The molecule has 0 unspecified atom stereocenters. The molecule has 5 heteroatoms. The van der Waals surface area contributed by atoms with Gasteiger partial charge in [0.2, 0.25) is 5.91 Å². The van der Waals surface area contributed by atoms with E-state index in [1.54, 1.807) is 35.0 Å². The molecule has 0 bridgehead atoms. The number of hydrogen-bond donors (Lipinski definition) is 1. The molecule has 1 amide bonds. The van der Waals surface area contributed by atoms with Gasteiger partial charge in [-0.25, -0.2) is 0 Å². The van der Waals surface area contributed by atoms with E-state index in [0.29, 0.717) is 16.8 Å². The van der Waals surface area contributed by atoms with Gasteiger partial charge < -0.3 is 9.88 Å². The summed E-state index contributed by atoms with van der Waals surface area (Å²) in [6.07, 6.45) is 2.45. The Morgan fingerprint density at radius 3 is 2.67 bits per heavy atom. The average Bonchev–Trinajstić information content (AvgIpc) is 2.93. The van der Waals surface area contributed by atoms with E-state index >= 15 is 0 Å². The number of anilines is 1. The van der Waals surface area contributed by atoms with Crippen LogP contribution in [0.5, 0.6) is 0 Å². The van der Waals surface area contributed by atoms with Crippen molar-refractivity contribution in [2.24, 2.45) is 0 Å². The second-order valence-electron chi connectivity index (χ2n) is 5.53. The lowest BCUT2D eigenvalue weighted by molar-refractivity contribution is -0.116. The summed E-state index contributed by atoms with van der Waals surface area (Å²) < 4.78 is 1.74. The molecule has 0 aliphatic rings. The van der Waals surface area contributed by atoms with Crippen LogP contribution in [0.15, 0.2) is 54.7 Å². The Morgan fingerprint density at radius 1 is 1.12 bits per heavy atom. The molecular formula is C19H16N2O3. The Morgan fingerprint density at radius 2 is 1.92 bits per heavy atom. The quantitative estimate of drug-likeness (QED) is 0.579. The molecule has 2 aromatic carbocycles. The number of benzene rings is 2. The second-order valence-corrected chi connectivity index (χ2v) is 5.53. The van der Waals surface area contributed by atoms with Crippen molar-refractivity contribution >= 4 is 34.6 Å². The zero-order valence-corrected chi connectivity index (χ0v) is 13.2. The highest BCUT2D eigenvalue weighted by molar-refractivity contribution is 5.99. The summed E-state index contributed by atoms with van der Waals surface area (Å²) in [5.74, 6) is -0.285. The van der Waals surface area contributed by atoms with Crippen LogP contribution in [-0.2, 0) is 11.3 Å². The summed E-state index contributed by atoms with van der Waals surface area (Å²) in [6, 6.07) is 14.2. The number of Topliss-reactive ketones (excluding diaryl/α,β-unsaturated/α-hetero) is 1.